The fraction of sp³-hybridized carbons (Fsp3) is 0.286. The van der Waals surface area contributed by atoms with Gasteiger partial charge in [0.15, 0.2) is 0 Å². The van der Waals surface area contributed by atoms with E-state index < -0.39 is 17.8 Å². The smallest absolute Gasteiger partial charge is 0.321 e. The highest BCUT2D eigenvalue weighted by Gasteiger charge is 2.11. The van der Waals surface area contributed by atoms with Crippen molar-refractivity contribution in [3.63, 3.8) is 0 Å². The zero-order valence-electron chi connectivity index (χ0n) is 11.6. The summed E-state index contributed by atoms with van der Waals surface area (Å²) in [5, 5.41) is 7.51. The quantitative estimate of drug-likeness (QED) is 0.705. The van der Waals surface area contributed by atoms with E-state index in [-0.39, 0.29) is 24.2 Å². The van der Waals surface area contributed by atoms with Gasteiger partial charge in [0, 0.05) is 12.6 Å². The molecule has 0 unspecified atom stereocenters. The van der Waals surface area contributed by atoms with Gasteiger partial charge in [-0.2, -0.15) is 0 Å². The van der Waals surface area contributed by atoms with Crippen LogP contribution in [-0.2, 0) is 4.79 Å². The van der Waals surface area contributed by atoms with Crippen LogP contribution >= 0.6 is 11.6 Å². The minimum Gasteiger partial charge on any atom is -0.334 e. The van der Waals surface area contributed by atoms with Crippen LogP contribution in [0.25, 0.3) is 0 Å². The molecule has 0 aliphatic carbocycles. The molecule has 1 aromatic rings. The third-order valence-electron chi connectivity index (χ3n) is 2.67. The maximum atomic E-state index is 13.1. The Labute approximate surface area is 127 Å². The van der Waals surface area contributed by atoms with Gasteiger partial charge in [0.25, 0.3) is 0 Å². The van der Waals surface area contributed by atoms with E-state index in [2.05, 4.69) is 22.5 Å². The van der Waals surface area contributed by atoms with Crippen molar-refractivity contribution < 1.29 is 14.0 Å². The summed E-state index contributed by atoms with van der Waals surface area (Å²) in [7, 11) is 0. The van der Waals surface area contributed by atoms with Gasteiger partial charge in [-0.15, -0.1) is 6.58 Å². The molecule has 21 heavy (non-hydrogen) atoms. The fourth-order valence-electron chi connectivity index (χ4n) is 1.53. The molecule has 0 bridgehead atoms. The van der Waals surface area contributed by atoms with Crippen molar-refractivity contribution in [2.24, 2.45) is 0 Å². The van der Waals surface area contributed by atoms with Gasteiger partial charge >= 0.3 is 6.03 Å². The van der Waals surface area contributed by atoms with Crippen molar-refractivity contribution in [3.05, 3.63) is 47.3 Å². The van der Waals surface area contributed by atoms with E-state index in [0.29, 0.717) is 0 Å². The molecule has 114 valence electrons. The van der Waals surface area contributed by atoms with E-state index in [0.717, 1.165) is 5.56 Å². The van der Waals surface area contributed by atoms with Crippen LogP contribution in [0, 0.1) is 5.82 Å². The molecule has 0 aliphatic rings. The third-order valence-corrected chi connectivity index (χ3v) is 2.96. The fourth-order valence-corrected chi connectivity index (χ4v) is 1.71. The molecule has 1 aromatic carbocycles. The highest BCUT2D eigenvalue weighted by Crippen LogP contribution is 2.20. The Kier molecular flexibility index (Phi) is 6.84. The lowest BCUT2D eigenvalue weighted by atomic mass is 10.1. The molecular formula is C14H17ClFN3O2. The van der Waals surface area contributed by atoms with Crippen LogP contribution < -0.4 is 16.0 Å². The summed E-state index contributed by atoms with van der Waals surface area (Å²) in [6.45, 7) is 5.46. The Morgan fingerprint density at radius 1 is 1.48 bits per heavy atom. The molecule has 0 saturated carbocycles. The zero-order chi connectivity index (χ0) is 15.8. The third kappa shape index (κ3) is 5.93. The molecule has 0 aliphatic heterocycles. The van der Waals surface area contributed by atoms with Gasteiger partial charge in [-0.25, -0.2) is 9.18 Å². The maximum absolute atomic E-state index is 13.1. The molecule has 0 radical (unpaired) electrons. The summed E-state index contributed by atoms with van der Waals surface area (Å²) in [5.41, 5.74) is 0.741. The highest BCUT2D eigenvalue weighted by molar-refractivity contribution is 6.30. The van der Waals surface area contributed by atoms with Crippen molar-refractivity contribution in [2.75, 3.05) is 13.1 Å². The molecule has 5 nitrogen and oxygen atoms in total. The lowest BCUT2D eigenvalue weighted by molar-refractivity contribution is -0.119. The van der Waals surface area contributed by atoms with Crippen molar-refractivity contribution >= 4 is 23.5 Å². The van der Waals surface area contributed by atoms with Crippen LogP contribution in [0.5, 0.6) is 0 Å². The van der Waals surface area contributed by atoms with Gasteiger partial charge in [-0.3, -0.25) is 10.1 Å². The number of halogens is 2. The first-order valence-corrected chi connectivity index (χ1v) is 6.68. The molecule has 0 fully saturated rings. The van der Waals surface area contributed by atoms with Crippen molar-refractivity contribution in [2.45, 2.75) is 13.0 Å². The van der Waals surface area contributed by atoms with E-state index in [1.54, 1.807) is 13.0 Å². The topological polar surface area (TPSA) is 70.2 Å². The predicted octanol–water partition coefficient (Wildman–Crippen LogP) is 2.14. The Morgan fingerprint density at radius 2 is 2.19 bits per heavy atom. The maximum Gasteiger partial charge on any atom is 0.321 e. The summed E-state index contributed by atoms with van der Waals surface area (Å²) >= 11 is 5.69. The number of imide groups is 1. The molecule has 0 heterocycles. The molecule has 0 spiro atoms. The summed E-state index contributed by atoms with van der Waals surface area (Å²) in [4.78, 5) is 22.8. The summed E-state index contributed by atoms with van der Waals surface area (Å²) in [6.07, 6.45) is 1.50. The van der Waals surface area contributed by atoms with Gasteiger partial charge in [0.05, 0.1) is 11.6 Å². The molecule has 0 aromatic heterocycles. The summed E-state index contributed by atoms with van der Waals surface area (Å²) in [5.74, 6) is -0.971. The largest absolute Gasteiger partial charge is 0.334 e. The average Bonchev–Trinajstić information content (AvgIpc) is 2.45. The lowest BCUT2D eigenvalue weighted by Crippen LogP contribution is -2.43. The summed E-state index contributed by atoms with van der Waals surface area (Å²) < 4.78 is 13.1. The molecule has 7 heteroatoms. The minimum absolute atomic E-state index is 0.0226. The lowest BCUT2D eigenvalue weighted by Gasteiger charge is -2.14. The monoisotopic (exact) mass is 313 g/mol. The number of benzene rings is 1. The van der Waals surface area contributed by atoms with E-state index in [1.165, 1.54) is 18.2 Å². The highest BCUT2D eigenvalue weighted by atomic mass is 35.5. The Balaban J connectivity index is 2.43. The summed E-state index contributed by atoms with van der Waals surface area (Å²) in [6, 6.07) is 3.53. The van der Waals surface area contributed by atoms with Crippen LogP contribution in [0.4, 0.5) is 9.18 Å². The Morgan fingerprint density at radius 3 is 2.81 bits per heavy atom. The minimum atomic E-state index is -0.584. The predicted molar refractivity (Wildman–Crippen MR) is 79.6 cm³/mol. The number of hydrogen-bond acceptors (Lipinski definition) is 3. The molecule has 1 rings (SSSR count). The molecular weight excluding hydrogens is 297 g/mol. The van der Waals surface area contributed by atoms with Crippen LogP contribution in [0.3, 0.4) is 0 Å². The molecule has 3 N–H and O–H groups in total. The first-order chi connectivity index (χ1) is 9.93. The Hall–Kier alpha value is -1.92. The van der Waals surface area contributed by atoms with E-state index in [4.69, 9.17) is 11.6 Å². The van der Waals surface area contributed by atoms with Gasteiger partial charge in [0.2, 0.25) is 5.91 Å². The number of urea groups is 1. The van der Waals surface area contributed by atoms with Gasteiger partial charge in [0.1, 0.15) is 5.82 Å². The van der Waals surface area contributed by atoms with Gasteiger partial charge in [-0.05, 0) is 24.6 Å². The van der Waals surface area contributed by atoms with Crippen molar-refractivity contribution in [3.8, 4) is 0 Å². The van der Waals surface area contributed by atoms with E-state index >= 15 is 0 Å². The van der Waals surface area contributed by atoms with Gasteiger partial charge in [-0.1, -0.05) is 23.7 Å². The SMILES string of the molecule is C=CCNC(=O)NC(=O)CN[C@@H](C)c1ccc(F)c(Cl)c1. The zero-order valence-corrected chi connectivity index (χ0v) is 12.3. The number of carbonyl (C=O) groups excluding carboxylic acids is 2. The van der Waals surface area contributed by atoms with Crippen LogP contribution in [0.15, 0.2) is 30.9 Å². The second-order valence-electron chi connectivity index (χ2n) is 4.32. The van der Waals surface area contributed by atoms with E-state index in [1.807, 2.05) is 0 Å². The van der Waals surface area contributed by atoms with Crippen molar-refractivity contribution in [1.82, 2.24) is 16.0 Å². The van der Waals surface area contributed by atoms with Crippen LogP contribution in [0.2, 0.25) is 5.02 Å². The number of rotatable bonds is 6. The van der Waals surface area contributed by atoms with Crippen LogP contribution in [0.1, 0.15) is 18.5 Å². The molecule has 3 amide bonds. The standard InChI is InChI=1S/C14H17ClFN3O2/c1-3-6-17-14(21)19-13(20)8-18-9(2)10-4-5-12(16)11(15)7-10/h3-5,7,9,18H,1,6,8H2,2H3,(H2,17,19,20,21)/t9-/m0/s1. The number of nitrogens with one attached hydrogen (secondary N) is 3. The average molecular weight is 314 g/mol. The first-order valence-electron chi connectivity index (χ1n) is 6.31. The Bertz CT molecular complexity index is 537. The van der Waals surface area contributed by atoms with Crippen LogP contribution in [-0.4, -0.2) is 25.0 Å². The van der Waals surface area contributed by atoms with Gasteiger partial charge < -0.3 is 10.6 Å². The van der Waals surface area contributed by atoms with Crippen molar-refractivity contribution in [1.29, 1.82) is 0 Å². The number of carbonyl (C=O) groups is 2. The van der Waals surface area contributed by atoms with E-state index in [9.17, 15) is 14.0 Å². The second-order valence-corrected chi connectivity index (χ2v) is 4.73. The number of amides is 3. The number of hydrogen-bond donors (Lipinski definition) is 3. The molecule has 1 atom stereocenters. The normalized spacial score (nSPS) is 11.6. The first kappa shape index (κ1) is 17.1. The molecule has 0 saturated heterocycles. The second kappa shape index (κ2) is 8.39.